The molecule has 0 aliphatic carbocycles. The van der Waals surface area contributed by atoms with Gasteiger partial charge >= 0.3 is 0 Å². The van der Waals surface area contributed by atoms with Crippen molar-refractivity contribution in [3.05, 3.63) is 52.2 Å². The van der Waals surface area contributed by atoms with Gasteiger partial charge in [-0.3, -0.25) is 24.6 Å². The number of carbonyl (C=O) groups is 4. The molecule has 0 unspecified atom stereocenters. The molecule has 4 rings (SSSR count). The fraction of sp³-hybridized carbons (Fsp3) is 0.625. The number of fused-ring (bicyclic) bond motifs is 2. The van der Waals surface area contributed by atoms with Crippen LogP contribution in [0.25, 0.3) is 0 Å². The lowest BCUT2D eigenvalue weighted by Gasteiger charge is -2.26. The molecule has 2 aromatic rings. The SMILES string of the molecule is C[C@@H](NC(=O)[C@@H]1C[C@]2(C)COCCCCCCCCCCCCCC(=O)N[C@@H](CCOc3ccccc3)C(=O)NCC(=O)N1C2)c1cc(C(=N)N)cs1. The van der Waals surface area contributed by atoms with Gasteiger partial charge in [0, 0.05) is 47.2 Å². The lowest BCUT2D eigenvalue weighted by molar-refractivity contribution is -0.139. The number of nitrogens with one attached hydrogen (secondary N) is 4. The molecule has 53 heavy (non-hydrogen) atoms. The van der Waals surface area contributed by atoms with E-state index >= 15 is 0 Å². The van der Waals surface area contributed by atoms with Crippen LogP contribution in [0.2, 0.25) is 0 Å². The summed E-state index contributed by atoms with van der Waals surface area (Å²) in [6.07, 6.45) is 13.1. The van der Waals surface area contributed by atoms with E-state index in [0.29, 0.717) is 43.9 Å². The number of benzene rings is 1. The summed E-state index contributed by atoms with van der Waals surface area (Å²) in [5, 5.41) is 18.2. The summed E-state index contributed by atoms with van der Waals surface area (Å²) < 4.78 is 12.0. The van der Waals surface area contributed by atoms with Crippen LogP contribution in [0.3, 0.4) is 0 Å². The third-order valence-corrected chi connectivity index (χ3v) is 11.2. The standard InChI is InChI=1S/C40H60N6O6S/c1-29(34-23-30(26-53-34)37(41)42)44-39(50)33-24-40(2)27-46(33)36(48)25-43-38(49)32(20-22-52-31-17-13-12-14-18-31)45-35(47)19-15-10-8-6-4-3-5-7-9-11-16-21-51-28-40/h12-14,17-18,23,26,29,32-33H,3-11,15-16,19-22,24-25,27-28H2,1-2H3,(H3,41,42)(H,43,49)(H,44,50)(H,45,47)/t29-,32+,33+,40+/m1/s1. The van der Waals surface area contributed by atoms with E-state index in [-0.39, 0.29) is 49.2 Å². The molecule has 0 spiro atoms. The predicted molar refractivity (Wildman–Crippen MR) is 208 cm³/mol. The molecule has 13 heteroatoms. The smallest absolute Gasteiger partial charge is 0.243 e. The van der Waals surface area contributed by atoms with Crippen molar-refractivity contribution in [1.29, 1.82) is 5.41 Å². The van der Waals surface area contributed by atoms with E-state index in [1.165, 1.54) is 49.9 Å². The first-order valence-electron chi connectivity index (χ1n) is 19.4. The number of ether oxygens (including phenoxy) is 2. The van der Waals surface area contributed by atoms with Crippen molar-refractivity contribution in [2.45, 2.75) is 122 Å². The Kier molecular flexibility index (Phi) is 17.1. The highest BCUT2D eigenvalue weighted by molar-refractivity contribution is 7.10. The van der Waals surface area contributed by atoms with Crippen LogP contribution in [0, 0.1) is 10.8 Å². The lowest BCUT2D eigenvalue weighted by atomic mass is 9.88. The molecule has 12 nitrogen and oxygen atoms in total. The summed E-state index contributed by atoms with van der Waals surface area (Å²) in [5.41, 5.74) is 5.78. The summed E-state index contributed by atoms with van der Waals surface area (Å²) in [6.45, 7) is 5.10. The second-order valence-corrected chi connectivity index (χ2v) is 15.9. The topological polar surface area (TPSA) is 176 Å². The molecule has 3 heterocycles. The predicted octanol–water partition coefficient (Wildman–Crippen LogP) is 5.60. The third-order valence-electron chi connectivity index (χ3n) is 10.1. The van der Waals surface area contributed by atoms with Crippen molar-refractivity contribution in [1.82, 2.24) is 20.9 Å². The van der Waals surface area contributed by atoms with Gasteiger partial charge in [-0.2, -0.15) is 0 Å². The number of amidine groups is 1. The average Bonchev–Trinajstić information content (AvgIpc) is 3.78. The highest BCUT2D eigenvalue weighted by Crippen LogP contribution is 2.36. The minimum Gasteiger partial charge on any atom is -0.494 e. The number of amides is 4. The zero-order valence-corrected chi connectivity index (χ0v) is 32.4. The van der Waals surface area contributed by atoms with E-state index in [1.54, 1.807) is 16.3 Å². The number of rotatable bonds is 8. The minimum absolute atomic E-state index is 0.0399. The molecule has 0 radical (unpaired) electrons. The monoisotopic (exact) mass is 752 g/mol. The molecule has 0 saturated carbocycles. The largest absolute Gasteiger partial charge is 0.494 e. The number of para-hydroxylation sites is 1. The third kappa shape index (κ3) is 14.1. The molecule has 2 saturated heterocycles. The number of carbonyl (C=O) groups excluding carboxylic acids is 4. The second kappa shape index (κ2) is 21.7. The number of nitrogens with zero attached hydrogens (tertiary/aromatic N) is 1. The molecule has 1 aromatic carbocycles. The number of nitrogens with two attached hydrogens (primary N) is 1. The second-order valence-electron chi connectivity index (χ2n) is 14.9. The highest BCUT2D eigenvalue weighted by atomic mass is 32.1. The van der Waals surface area contributed by atoms with E-state index in [2.05, 4.69) is 16.0 Å². The zero-order valence-electron chi connectivity index (χ0n) is 31.6. The number of hydrogen-bond donors (Lipinski definition) is 5. The van der Waals surface area contributed by atoms with E-state index in [4.69, 9.17) is 20.6 Å². The molecule has 2 bridgehead atoms. The summed E-state index contributed by atoms with van der Waals surface area (Å²) >= 11 is 1.41. The summed E-state index contributed by atoms with van der Waals surface area (Å²) in [7, 11) is 0. The Balaban J connectivity index is 1.45. The van der Waals surface area contributed by atoms with Crippen LogP contribution in [0.4, 0.5) is 0 Å². The fourth-order valence-electron chi connectivity index (χ4n) is 7.00. The molecule has 6 N–H and O–H groups in total. The summed E-state index contributed by atoms with van der Waals surface area (Å²) in [5.74, 6) is -0.748. The Bertz CT molecular complexity index is 1490. The van der Waals surface area contributed by atoms with Gasteiger partial charge in [0.05, 0.1) is 25.8 Å². The maximum Gasteiger partial charge on any atom is 0.243 e. The Hall–Kier alpha value is -3.97. The van der Waals surface area contributed by atoms with Crippen molar-refractivity contribution in [3.8, 4) is 5.75 Å². The van der Waals surface area contributed by atoms with Crippen LogP contribution in [-0.2, 0) is 23.9 Å². The van der Waals surface area contributed by atoms with Gasteiger partial charge in [-0.1, -0.05) is 82.9 Å². The fourth-order valence-corrected chi connectivity index (χ4v) is 7.92. The number of hydrogen-bond acceptors (Lipinski definition) is 8. The molecule has 2 fully saturated rings. The van der Waals surface area contributed by atoms with Gasteiger partial charge in [0.25, 0.3) is 0 Å². The van der Waals surface area contributed by atoms with Crippen molar-refractivity contribution in [3.63, 3.8) is 0 Å². The molecule has 2 aliphatic rings. The number of thiophene rings is 1. The average molecular weight is 753 g/mol. The molecule has 2 aliphatic heterocycles. The van der Waals surface area contributed by atoms with E-state index in [1.807, 2.05) is 44.2 Å². The first-order chi connectivity index (χ1) is 25.5. The van der Waals surface area contributed by atoms with Crippen molar-refractivity contribution in [2.75, 3.05) is 32.9 Å². The Morgan fingerprint density at radius 2 is 1.72 bits per heavy atom. The van der Waals surface area contributed by atoms with Crippen LogP contribution in [0.5, 0.6) is 5.75 Å². The Morgan fingerprint density at radius 1 is 1.06 bits per heavy atom. The normalized spacial score (nSPS) is 24.2. The molecular formula is C40H60N6O6S. The summed E-state index contributed by atoms with van der Waals surface area (Å²) in [4.78, 5) is 56.6. The van der Waals surface area contributed by atoms with Gasteiger partial charge in [-0.05, 0) is 44.4 Å². The van der Waals surface area contributed by atoms with Crippen LogP contribution < -0.4 is 26.4 Å². The van der Waals surface area contributed by atoms with Gasteiger partial charge < -0.3 is 36.1 Å². The van der Waals surface area contributed by atoms with E-state index in [0.717, 1.165) is 37.0 Å². The van der Waals surface area contributed by atoms with Gasteiger partial charge in [-0.15, -0.1) is 11.3 Å². The Labute approximate surface area is 318 Å². The maximum absolute atomic E-state index is 13.9. The quantitative estimate of drug-likeness (QED) is 0.172. The van der Waals surface area contributed by atoms with Gasteiger partial charge in [0.2, 0.25) is 23.6 Å². The molecule has 292 valence electrons. The highest BCUT2D eigenvalue weighted by Gasteiger charge is 2.46. The molecule has 4 amide bonds. The van der Waals surface area contributed by atoms with Crippen molar-refractivity contribution < 1.29 is 28.7 Å². The van der Waals surface area contributed by atoms with Crippen LogP contribution >= 0.6 is 11.3 Å². The molecular weight excluding hydrogens is 693 g/mol. The first kappa shape index (κ1) is 41.8. The maximum atomic E-state index is 13.9. The van der Waals surface area contributed by atoms with Crippen LogP contribution in [-0.4, -0.2) is 79.4 Å². The van der Waals surface area contributed by atoms with E-state index < -0.39 is 23.4 Å². The first-order valence-corrected chi connectivity index (χ1v) is 20.3. The van der Waals surface area contributed by atoms with Crippen molar-refractivity contribution >= 4 is 40.8 Å². The van der Waals surface area contributed by atoms with Gasteiger partial charge in [0.15, 0.2) is 0 Å². The molecule has 4 atom stereocenters. The van der Waals surface area contributed by atoms with E-state index in [9.17, 15) is 19.2 Å². The van der Waals surface area contributed by atoms with Gasteiger partial charge in [-0.25, -0.2) is 0 Å². The van der Waals surface area contributed by atoms with Crippen LogP contribution in [0.15, 0.2) is 41.8 Å². The van der Waals surface area contributed by atoms with Crippen molar-refractivity contribution in [2.24, 2.45) is 11.1 Å². The zero-order chi connectivity index (χ0) is 38.1. The van der Waals surface area contributed by atoms with Gasteiger partial charge in [0.1, 0.15) is 23.7 Å². The molecule has 1 aromatic heterocycles. The minimum atomic E-state index is -0.892. The Morgan fingerprint density at radius 3 is 2.38 bits per heavy atom. The number of nitrogen functional groups attached to an aromatic ring is 1. The lowest BCUT2D eigenvalue weighted by Crippen LogP contribution is -2.52. The van der Waals surface area contributed by atoms with Crippen LogP contribution in [0.1, 0.15) is 120 Å². The summed E-state index contributed by atoms with van der Waals surface area (Å²) in [6, 6.07) is 9.03.